The Hall–Kier alpha value is -2.69. The van der Waals surface area contributed by atoms with Crippen LogP contribution in [0, 0.1) is 0 Å². The molecule has 0 bridgehead atoms. The van der Waals surface area contributed by atoms with Crippen LogP contribution >= 0.6 is 35.0 Å². The van der Waals surface area contributed by atoms with E-state index in [0.29, 0.717) is 51.8 Å². The van der Waals surface area contributed by atoms with Crippen LogP contribution in [0.4, 0.5) is 0 Å². The lowest BCUT2D eigenvalue weighted by molar-refractivity contribution is 0.102. The van der Waals surface area contributed by atoms with Crippen LogP contribution in [0.1, 0.15) is 29.8 Å². The van der Waals surface area contributed by atoms with Gasteiger partial charge in [-0.3, -0.25) is 9.36 Å². The molecule has 0 aliphatic rings. The van der Waals surface area contributed by atoms with Crippen LogP contribution in [0.3, 0.4) is 0 Å². The van der Waals surface area contributed by atoms with Gasteiger partial charge >= 0.3 is 0 Å². The summed E-state index contributed by atoms with van der Waals surface area (Å²) in [5, 5.41) is 10.0. The smallest absolute Gasteiger partial charge is 0.243 e. The lowest BCUT2D eigenvalue weighted by Gasteiger charge is -2.19. The molecule has 0 saturated heterocycles. The number of thioether (sulfide) groups is 1. The number of aromatic nitrogens is 3. The van der Waals surface area contributed by atoms with E-state index in [0.717, 1.165) is 5.56 Å². The number of Topliss-reactive ketones (excluding diaryl/α,β-unsaturated/α-hetero) is 1. The summed E-state index contributed by atoms with van der Waals surface area (Å²) in [6.07, 6.45) is 0. The summed E-state index contributed by atoms with van der Waals surface area (Å²) in [4.78, 5) is 13.1. The van der Waals surface area contributed by atoms with Gasteiger partial charge in [0.05, 0.1) is 22.2 Å². The molecule has 1 heterocycles. The van der Waals surface area contributed by atoms with Gasteiger partial charge in [0.2, 0.25) is 10.0 Å². The zero-order valence-electron chi connectivity index (χ0n) is 20.8. The molecule has 0 aliphatic heterocycles. The summed E-state index contributed by atoms with van der Waals surface area (Å²) >= 11 is 13.4. The van der Waals surface area contributed by atoms with Crippen LogP contribution in [-0.4, -0.2) is 52.1 Å². The first-order valence-corrected chi connectivity index (χ1v) is 15.1. The summed E-state index contributed by atoms with van der Waals surface area (Å²) < 4.78 is 29.6. The maximum absolute atomic E-state index is 13.1. The van der Waals surface area contributed by atoms with Crippen LogP contribution in [0.5, 0.6) is 0 Å². The second-order valence-electron chi connectivity index (χ2n) is 8.33. The Morgan fingerprint density at radius 3 is 2.37 bits per heavy atom. The van der Waals surface area contributed by atoms with Crippen molar-refractivity contribution < 1.29 is 13.2 Å². The molecule has 198 valence electrons. The second-order valence-corrected chi connectivity index (χ2v) is 12.1. The van der Waals surface area contributed by atoms with Gasteiger partial charge in [0.15, 0.2) is 16.8 Å². The minimum atomic E-state index is -3.65. The van der Waals surface area contributed by atoms with Gasteiger partial charge in [-0.15, -0.1) is 10.2 Å². The number of rotatable bonds is 11. The summed E-state index contributed by atoms with van der Waals surface area (Å²) in [6.45, 7) is 4.81. The first-order chi connectivity index (χ1) is 18.2. The summed E-state index contributed by atoms with van der Waals surface area (Å²) in [5.74, 6) is 0.426. The highest BCUT2D eigenvalue weighted by atomic mass is 35.5. The molecule has 0 unspecified atom stereocenters. The van der Waals surface area contributed by atoms with E-state index in [1.54, 1.807) is 36.4 Å². The number of carbonyl (C=O) groups excluding carboxylic acids is 1. The van der Waals surface area contributed by atoms with Crippen molar-refractivity contribution >= 4 is 50.8 Å². The summed E-state index contributed by atoms with van der Waals surface area (Å²) in [6, 6.07) is 21.3. The molecule has 0 spiro atoms. The van der Waals surface area contributed by atoms with E-state index in [1.165, 1.54) is 22.1 Å². The Kier molecular flexibility index (Phi) is 9.27. The van der Waals surface area contributed by atoms with E-state index in [1.807, 2.05) is 48.7 Å². The Balaban J connectivity index is 1.69. The number of halogens is 2. The predicted octanol–water partition coefficient (Wildman–Crippen LogP) is 6.31. The van der Waals surface area contributed by atoms with Gasteiger partial charge in [-0.2, -0.15) is 4.31 Å². The molecular weight excluding hydrogens is 563 g/mol. The molecule has 0 fully saturated rings. The monoisotopic (exact) mass is 588 g/mol. The Morgan fingerprint density at radius 1 is 0.947 bits per heavy atom. The molecule has 4 rings (SSSR count). The Morgan fingerprint density at radius 2 is 1.68 bits per heavy atom. The topological polar surface area (TPSA) is 85.2 Å². The van der Waals surface area contributed by atoms with Crippen molar-refractivity contribution in [3.8, 4) is 11.4 Å². The molecular formula is C27H26Cl2N4O3S2. The van der Waals surface area contributed by atoms with Gasteiger partial charge < -0.3 is 0 Å². The van der Waals surface area contributed by atoms with Crippen molar-refractivity contribution in [3.63, 3.8) is 0 Å². The second kappa shape index (κ2) is 12.4. The third-order valence-electron chi connectivity index (χ3n) is 5.90. The van der Waals surface area contributed by atoms with E-state index in [2.05, 4.69) is 10.2 Å². The van der Waals surface area contributed by atoms with E-state index in [-0.39, 0.29) is 16.4 Å². The molecule has 0 radical (unpaired) electrons. The average Bonchev–Trinajstić information content (AvgIpc) is 3.30. The molecule has 3 aromatic carbocycles. The maximum atomic E-state index is 13.1. The van der Waals surface area contributed by atoms with Gasteiger partial charge in [0.1, 0.15) is 0 Å². The van der Waals surface area contributed by atoms with Gasteiger partial charge in [-0.25, -0.2) is 8.42 Å². The number of benzene rings is 3. The van der Waals surface area contributed by atoms with E-state index >= 15 is 0 Å². The van der Waals surface area contributed by atoms with Gasteiger partial charge in [-0.1, -0.05) is 91.3 Å². The number of carbonyl (C=O) groups is 1. The average molecular weight is 590 g/mol. The first-order valence-electron chi connectivity index (χ1n) is 11.9. The quantitative estimate of drug-likeness (QED) is 0.151. The van der Waals surface area contributed by atoms with Gasteiger partial charge in [0, 0.05) is 29.2 Å². The minimum Gasteiger partial charge on any atom is -0.298 e. The van der Waals surface area contributed by atoms with Crippen LogP contribution in [0.15, 0.2) is 82.8 Å². The van der Waals surface area contributed by atoms with Crippen LogP contribution < -0.4 is 0 Å². The number of hydrogen-bond donors (Lipinski definition) is 0. The van der Waals surface area contributed by atoms with Crippen molar-refractivity contribution in [2.24, 2.45) is 0 Å². The van der Waals surface area contributed by atoms with Crippen molar-refractivity contribution in [1.29, 1.82) is 0 Å². The number of nitrogens with zero attached hydrogens (tertiary/aromatic N) is 4. The van der Waals surface area contributed by atoms with Crippen LogP contribution in [-0.2, 0) is 16.6 Å². The number of sulfonamides is 1. The molecule has 7 nitrogen and oxygen atoms in total. The van der Waals surface area contributed by atoms with Gasteiger partial charge in [-0.05, 0) is 35.9 Å². The molecule has 1 aromatic heterocycles. The molecule has 0 saturated carbocycles. The largest absolute Gasteiger partial charge is 0.298 e. The van der Waals surface area contributed by atoms with Crippen molar-refractivity contribution in [1.82, 2.24) is 19.1 Å². The van der Waals surface area contributed by atoms with Gasteiger partial charge in [0.25, 0.3) is 0 Å². The maximum Gasteiger partial charge on any atom is 0.243 e. The van der Waals surface area contributed by atoms with Crippen LogP contribution in [0.2, 0.25) is 10.0 Å². The summed E-state index contributed by atoms with van der Waals surface area (Å²) in [5.41, 5.74) is 2.00. The normalized spacial score (nSPS) is 11.7. The SMILES string of the molecule is CCN(CC)S(=O)(=O)c1cccc(-c2nnc(SCC(=O)c3ccc(Cl)cc3Cl)n2Cc2ccccc2)c1. The van der Waals surface area contributed by atoms with Crippen molar-refractivity contribution in [3.05, 3.63) is 94.0 Å². The van der Waals surface area contributed by atoms with E-state index < -0.39 is 10.0 Å². The Labute approximate surface area is 236 Å². The highest BCUT2D eigenvalue weighted by Gasteiger charge is 2.24. The molecule has 0 aliphatic carbocycles. The fourth-order valence-electron chi connectivity index (χ4n) is 3.95. The van der Waals surface area contributed by atoms with Crippen molar-refractivity contribution in [2.75, 3.05) is 18.8 Å². The minimum absolute atomic E-state index is 0.0880. The molecule has 0 N–H and O–H groups in total. The Bertz CT molecular complexity index is 1540. The van der Waals surface area contributed by atoms with Crippen molar-refractivity contribution in [2.45, 2.75) is 30.4 Å². The zero-order valence-corrected chi connectivity index (χ0v) is 24.0. The lowest BCUT2D eigenvalue weighted by atomic mass is 10.1. The van der Waals surface area contributed by atoms with E-state index in [9.17, 15) is 13.2 Å². The number of ketones is 1. The molecule has 38 heavy (non-hydrogen) atoms. The third-order valence-corrected chi connectivity index (χ3v) is 9.46. The fourth-order valence-corrected chi connectivity index (χ4v) is 6.79. The highest BCUT2D eigenvalue weighted by molar-refractivity contribution is 7.99. The molecule has 0 amide bonds. The molecule has 4 aromatic rings. The van der Waals surface area contributed by atoms with E-state index in [4.69, 9.17) is 23.2 Å². The van der Waals surface area contributed by atoms with Crippen LogP contribution in [0.25, 0.3) is 11.4 Å². The number of hydrogen-bond acceptors (Lipinski definition) is 6. The molecule has 0 atom stereocenters. The third kappa shape index (κ3) is 6.30. The predicted molar refractivity (Wildman–Crippen MR) is 153 cm³/mol. The zero-order chi connectivity index (χ0) is 27.3. The standard InChI is InChI=1S/C27H26Cl2N4O3S2/c1-3-32(4-2)38(35,36)22-12-8-11-20(15-22)26-30-31-27(33(26)17-19-9-6-5-7-10-19)37-18-25(34)23-14-13-21(28)16-24(23)29/h5-16H,3-4,17-18H2,1-2H3. The summed E-state index contributed by atoms with van der Waals surface area (Å²) in [7, 11) is -3.65. The molecule has 11 heteroatoms. The fraction of sp³-hybridized carbons (Fsp3) is 0.222. The first kappa shape index (κ1) is 28.3. The lowest BCUT2D eigenvalue weighted by Crippen LogP contribution is -2.30. The highest BCUT2D eigenvalue weighted by Crippen LogP contribution is 2.29.